The van der Waals surface area contributed by atoms with Crippen LogP contribution >= 0.6 is 15.9 Å². The van der Waals surface area contributed by atoms with Gasteiger partial charge in [-0.25, -0.2) is 0 Å². The van der Waals surface area contributed by atoms with Gasteiger partial charge in [-0.2, -0.15) is 4.68 Å². The van der Waals surface area contributed by atoms with E-state index in [0.717, 1.165) is 22.4 Å². The number of hydrogen-bond acceptors (Lipinski definition) is 7. The van der Waals surface area contributed by atoms with Gasteiger partial charge in [0, 0.05) is 11.4 Å². The van der Waals surface area contributed by atoms with E-state index in [1.54, 1.807) is 4.68 Å². The third-order valence-electron chi connectivity index (χ3n) is 6.50. The number of carbonyl (C=O) groups excluding carboxylic acids is 1. The van der Waals surface area contributed by atoms with Crippen LogP contribution in [0.3, 0.4) is 0 Å². The molecule has 1 aromatic heterocycles. The number of aromatic nitrogens is 4. The maximum Gasteiger partial charge on any atom is 0.255 e. The van der Waals surface area contributed by atoms with Crippen molar-refractivity contribution < 1.29 is 14.3 Å². The van der Waals surface area contributed by atoms with Crippen molar-refractivity contribution in [1.29, 1.82) is 0 Å². The Bertz CT molecular complexity index is 1550. The molecule has 1 aliphatic heterocycles. The molecule has 1 unspecified atom stereocenters. The van der Waals surface area contributed by atoms with Gasteiger partial charge in [0.05, 0.1) is 16.7 Å². The first-order valence-corrected chi connectivity index (χ1v) is 13.4. The Labute approximate surface area is 235 Å². The molecule has 0 saturated carbocycles. The maximum atomic E-state index is 13.7. The Kier molecular flexibility index (Phi) is 7.65. The molecule has 10 heteroatoms. The molecule has 0 spiro atoms. The molecule has 2 N–H and O–H groups in total. The van der Waals surface area contributed by atoms with E-state index >= 15 is 0 Å². The van der Waals surface area contributed by atoms with Gasteiger partial charge in [-0.3, -0.25) is 4.79 Å². The molecule has 1 atom stereocenters. The smallest absolute Gasteiger partial charge is 0.255 e. The SMILES string of the molecule is CCOc1cc(C2C(C(=O)Nc3ccccc3C)=C(C)Nc3nnnn32)cc(Br)c1OCc1ccc(C)cc1. The molecule has 0 bridgehead atoms. The molecule has 39 heavy (non-hydrogen) atoms. The second kappa shape index (κ2) is 11.3. The van der Waals surface area contributed by atoms with Crippen LogP contribution in [0.4, 0.5) is 11.6 Å². The number of rotatable bonds is 8. The molecule has 0 fully saturated rings. The summed E-state index contributed by atoms with van der Waals surface area (Å²) in [5.41, 5.74) is 5.84. The van der Waals surface area contributed by atoms with Crippen molar-refractivity contribution in [3.63, 3.8) is 0 Å². The Morgan fingerprint density at radius 3 is 2.59 bits per heavy atom. The summed E-state index contributed by atoms with van der Waals surface area (Å²) < 4.78 is 14.5. The van der Waals surface area contributed by atoms with Gasteiger partial charge in [0.1, 0.15) is 12.6 Å². The number of amides is 1. The summed E-state index contributed by atoms with van der Waals surface area (Å²) in [6.45, 7) is 8.58. The predicted octanol–water partition coefficient (Wildman–Crippen LogP) is 5.96. The fourth-order valence-corrected chi connectivity index (χ4v) is 5.08. The number of tetrazole rings is 1. The number of carbonyl (C=O) groups is 1. The number of halogens is 1. The Morgan fingerprint density at radius 2 is 1.85 bits per heavy atom. The van der Waals surface area contributed by atoms with Crippen LogP contribution in [0, 0.1) is 13.8 Å². The third-order valence-corrected chi connectivity index (χ3v) is 7.09. The summed E-state index contributed by atoms with van der Waals surface area (Å²) in [6, 6.07) is 19.0. The van der Waals surface area contributed by atoms with E-state index in [1.165, 1.54) is 5.56 Å². The van der Waals surface area contributed by atoms with Crippen LogP contribution in [0.25, 0.3) is 0 Å². The predicted molar refractivity (Wildman–Crippen MR) is 153 cm³/mol. The van der Waals surface area contributed by atoms with Crippen LogP contribution in [-0.2, 0) is 11.4 Å². The number of allylic oxidation sites excluding steroid dienone is 1. The van der Waals surface area contributed by atoms with Crippen molar-refractivity contribution in [2.24, 2.45) is 0 Å². The summed E-state index contributed by atoms with van der Waals surface area (Å²) >= 11 is 3.69. The van der Waals surface area contributed by atoms with Gasteiger partial charge in [-0.05, 0) is 88.9 Å². The molecule has 2 heterocycles. The van der Waals surface area contributed by atoms with E-state index in [1.807, 2.05) is 69.3 Å². The second-order valence-electron chi connectivity index (χ2n) is 9.32. The van der Waals surface area contributed by atoms with Gasteiger partial charge in [0.25, 0.3) is 5.91 Å². The summed E-state index contributed by atoms with van der Waals surface area (Å²) in [5, 5.41) is 18.4. The Balaban J connectivity index is 1.53. The number of para-hydroxylation sites is 1. The zero-order valence-electron chi connectivity index (χ0n) is 22.2. The highest BCUT2D eigenvalue weighted by atomic mass is 79.9. The number of ether oxygens (including phenoxy) is 2. The molecule has 4 aromatic rings. The van der Waals surface area contributed by atoms with E-state index < -0.39 is 6.04 Å². The van der Waals surface area contributed by atoms with E-state index in [4.69, 9.17) is 9.47 Å². The standard InChI is InChI=1S/C29H29BrN6O3/c1-5-38-24-15-21(14-22(30)27(24)39-16-20-12-10-17(2)11-13-20)26-25(19(4)31-29-33-34-35-36(26)29)28(37)32-23-9-7-6-8-18(23)3/h6-15,26H,5,16H2,1-4H3,(H,32,37)(H,31,33,35). The summed E-state index contributed by atoms with van der Waals surface area (Å²) in [4.78, 5) is 13.7. The molecule has 0 aliphatic carbocycles. The highest BCUT2D eigenvalue weighted by Crippen LogP contribution is 2.43. The first-order valence-electron chi connectivity index (χ1n) is 12.6. The molecule has 9 nitrogen and oxygen atoms in total. The average molecular weight is 589 g/mol. The van der Waals surface area contributed by atoms with E-state index in [9.17, 15) is 4.79 Å². The quantitative estimate of drug-likeness (QED) is 0.262. The first-order chi connectivity index (χ1) is 18.9. The minimum absolute atomic E-state index is 0.255. The third kappa shape index (κ3) is 5.51. The van der Waals surface area contributed by atoms with Gasteiger partial charge in [0.2, 0.25) is 5.95 Å². The molecular formula is C29H29BrN6O3. The van der Waals surface area contributed by atoms with Gasteiger partial charge in [-0.15, -0.1) is 0 Å². The molecular weight excluding hydrogens is 560 g/mol. The van der Waals surface area contributed by atoms with Crippen LogP contribution in [0.1, 0.15) is 42.1 Å². The van der Waals surface area contributed by atoms with Gasteiger partial charge in [-0.1, -0.05) is 53.1 Å². The lowest BCUT2D eigenvalue weighted by Gasteiger charge is -2.29. The number of nitrogens with zero attached hydrogens (tertiary/aromatic N) is 4. The highest BCUT2D eigenvalue weighted by Gasteiger charge is 2.35. The zero-order chi connectivity index (χ0) is 27.5. The lowest BCUT2D eigenvalue weighted by molar-refractivity contribution is -0.113. The summed E-state index contributed by atoms with van der Waals surface area (Å²) in [5.74, 6) is 1.32. The number of hydrogen-bond donors (Lipinski definition) is 2. The normalized spacial score (nSPS) is 14.4. The van der Waals surface area contributed by atoms with Gasteiger partial charge < -0.3 is 20.1 Å². The lowest BCUT2D eigenvalue weighted by Crippen LogP contribution is -2.31. The topological polar surface area (TPSA) is 103 Å². The molecule has 0 radical (unpaired) electrons. The van der Waals surface area contributed by atoms with Crippen LogP contribution in [0.2, 0.25) is 0 Å². The summed E-state index contributed by atoms with van der Waals surface area (Å²) in [7, 11) is 0. The molecule has 5 rings (SSSR count). The van der Waals surface area contributed by atoms with Crippen LogP contribution in [-0.4, -0.2) is 32.7 Å². The fourth-order valence-electron chi connectivity index (χ4n) is 4.51. The average Bonchev–Trinajstić information content (AvgIpc) is 3.37. The van der Waals surface area contributed by atoms with Crippen LogP contribution < -0.4 is 20.1 Å². The molecule has 0 saturated heterocycles. The Morgan fingerprint density at radius 1 is 1.08 bits per heavy atom. The minimum Gasteiger partial charge on any atom is -0.490 e. The van der Waals surface area contributed by atoms with E-state index in [-0.39, 0.29) is 5.91 Å². The number of benzene rings is 3. The van der Waals surface area contributed by atoms with Crippen molar-refractivity contribution in [3.05, 3.63) is 98.7 Å². The second-order valence-corrected chi connectivity index (χ2v) is 10.2. The minimum atomic E-state index is -0.609. The number of aryl methyl sites for hydroxylation is 2. The summed E-state index contributed by atoms with van der Waals surface area (Å²) in [6.07, 6.45) is 0. The van der Waals surface area contributed by atoms with E-state index in [2.05, 4.69) is 61.1 Å². The van der Waals surface area contributed by atoms with Crippen LogP contribution in [0.5, 0.6) is 11.5 Å². The molecule has 200 valence electrons. The van der Waals surface area contributed by atoms with Crippen molar-refractivity contribution in [1.82, 2.24) is 20.2 Å². The van der Waals surface area contributed by atoms with Gasteiger partial charge >= 0.3 is 0 Å². The molecule has 1 aliphatic rings. The maximum absolute atomic E-state index is 13.7. The first kappa shape index (κ1) is 26.4. The van der Waals surface area contributed by atoms with E-state index in [0.29, 0.717) is 46.4 Å². The zero-order valence-corrected chi connectivity index (χ0v) is 23.7. The lowest BCUT2D eigenvalue weighted by atomic mass is 9.94. The van der Waals surface area contributed by atoms with Crippen LogP contribution in [0.15, 0.2) is 76.4 Å². The fraction of sp³-hybridized carbons (Fsp3) is 0.241. The van der Waals surface area contributed by atoms with Crippen molar-refractivity contribution >= 4 is 33.5 Å². The molecule has 3 aromatic carbocycles. The van der Waals surface area contributed by atoms with Gasteiger partial charge in [0.15, 0.2) is 11.5 Å². The number of anilines is 2. The van der Waals surface area contributed by atoms with Crippen molar-refractivity contribution in [3.8, 4) is 11.5 Å². The number of fused-ring (bicyclic) bond motifs is 1. The molecule has 1 amide bonds. The highest BCUT2D eigenvalue weighted by molar-refractivity contribution is 9.10. The van der Waals surface area contributed by atoms with Crippen molar-refractivity contribution in [2.75, 3.05) is 17.2 Å². The Hall–Kier alpha value is -4.18. The number of nitrogens with one attached hydrogen (secondary N) is 2. The monoisotopic (exact) mass is 588 g/mol. The van der Waals surface area contributed by atoms with Crippen molar-refractivity contribution in [2.45, 2.75) is 40.3 Å². The largest absolute Gasteiger partial charge is 0.490 e.